The van der Waals surface area contributed by atoms with E-state index in [-0.39, 0.29) is 0 Å². The van der Waals surface area contributed by atoms with Gasteiger partial charge in [-0.25, -0.2) is 0 Å². The number of hydrogen-bond acceptors (Lipinski definition) is 2. The van der Waals surface area contributed by atoms with Crippen LogP contribution in [0.4, 0.5) is 0 Å². The predicted molar refractivity (Wildman–Crippen MR) is 80.2 cm³/mol. The summed E-state index contributed by atoms with van der Waals surface area (Å²) in [5, 5.41) is 4.27. The van der Waals surface area contributed by atoms with Gasteiger partial charge >= 0.3 is 0 Å². The van der Waals surface area contributed by atoms with Crippen LogP contribution in [0.1, 0.15) is 39.3 Å². The Kier molecular flexibility index (Phi) is 6.13. The first-order valence-corrected chi connectivity index (χ1v) is 7.00. The summed E-state index contributed by atoms with van der Waals surface area (Å²) in [6.45, 7) is 9.84. The summed E-state index contributed by atoms with van der Waals surface area (Å²) in [5.41, 5.74) is 1.30. The second-order valence-electron chi connectivity index (χ2n) is 5.30. The van der Waals surface area contributed by atoms with E-state index >= 15 is 0 Å². The monoisotopic (exact) mass is 268 g/mol. The second-order valence-corrected chi connectivity index (χ2v) is 5.74. The number of benzene rings is 1. The number of rotatable bonds is 6. The third-order valence-electron chi connectivity index (χ3n) is 3.48. The van der Waals surface area contributed by atoms with Crippen LogP contribution in [0.15, 0.2) is 24.3 Å². The molecule has 18 heavy (non-hydrogen) atoms. The van der Waals surface area contributed by atoms with Crippen LogP contribution in [0.25, 0.3) is 0 Å². The zero-order chi connectivity index (χ0) is 13.7. The van der Waals surface area contributed by atoms with Gasteiger partial charge in [0.05, 0.1) is 0 Å². The van der Waals surface area contributed by atoms with E-state index in [1.54, 1.807) is 0 Å². The fraction of sp³-hybridized carbons (Fsp3) is 0.600. The quantitative estimate of drug-likeness (QED) is 0.846. The van der Waals surface area contributed by atoms with Gasteiger partial charge < -0.3 is 5.32 Å². The molecule has 0 bridgehead atoms. The number of hydrogen-bond donors (Lipinski definition) is 1. The average Bonchev–Trinajstić information content (AvgIpc) is 2.35. The minimum atomic E-state index is 0.395. The van der Waals surface area contributed by atoms with E-state index in [2.05, 4.69) is 57.1 Å². The normalized spacial score (nSPS) is 15.1. The van der Waals surface area contributed by atoms with Crippen molar-refractivity contribution in [3.63, 3.8) is 0 Å². The fourth-order valence-corrected chi connectivity index (χ4v) is 2.03. The standard InChI is InChI=1S/C15H25ClN2/c1-11(2)17-10-12(3)18(5)13(4)14-6-8-15(16)9-7-14/h6-9,11-13,17H,10H2,1-5H3. The summed E-state index contributed by atoms with van der Waals surface area (Å²) < 4.78 is 0. The first kappa shape index (κ1) is 15.5. The summed E-state index contributed by atoms with van der Waals surface area (Å²) in [6.07, 6.45) is 0. The molecule has 0 aliphatic heterocycles. The molecule has 1 aromatic rings. The van der Waals surface area contributed by atoms with Gasteiger partial charge in [0, 0.05) is 29.7 Å². The molecular formula is C15H25ClN2. The second kappa shape index (κ2) is 7.13. The third-order valence-corrected chi connectivity index (χ3v) is 3.73. The Labute approximate surface area is 116 Å². The summed E-state index contributed by atoms with van der Waals surface area (Å²) in [7, 11) is 2.17. The smallest absolute Gasteiger partial charge is 0.0406 e. The Morgan fingerprint density at radius 1 is 1.11 bits per heavy atom. The van der Waals surface area contributed by atoms with Crippen molar-refractivity contribution in [3.8, 4) is 0 Å². The molecule has 1 aromatic carbocycles. The van der Waals surface area contributed by atoms with Crippen LogP contribution in [0.5, 0.6) is 0 Å². The van der Waals surface area contributed by atoms with Gasteiger partial charge in [-0.05, 0) is 38.6 Å². The average molecular weight is 269 g/mol. The molecule has 1 N–H and O–H groups in total. The highest BCUT2D eigenvalue weighted by atomic mass is 35.5. The molecule has 1 rings (SSSR count). The van der Waals surface area contributed by atoms with Gasteiger partial charge in [0.25, 0.3) is 0 Å². The Hall–Kier alpha value is -0.570. The minimum Gasteiger partial charge on any atom is -0.313 e. The van der Waals surface area contributed by atoms with E-state index in [9.17, 15) is 0 Å². The summed E-state index contributed by atoms with van der Waals surface area (Å²) >= 11 is 5.92. The van der Waals surface area contributed by atoms with Gasteiger partial charge in [-0.2, -0.15) is 0 Å². The topological polar surface area (TPSA) is 15.3 Å². The highest BCUT2D eigenvalue weighted by Crippen LogP contribution is 2.22. The Morgan fingerprint density at radius 3 is 2.17 bits per heavy atom. The van der Waals surface area contributed by atoms with Crippen LogP contribution >= 0.6 is 11.6 Å². The van der Waals surface area contributed by atoms with Gasteiger partial charge in [-0.15, -0.1) is 0 Å². The molecular weight excluding hydrogens is 244 g/mol. The van der Waals surface area contributed by atoms with E-state index in [1.807, 2.05) is 12.1 Å². The molecule has 2 unspecified atom stereocenters. The lowest BCUT2D eigenvalue weighted by Crippen LogP contribution is -2.41. The first-order chi connectivity index (χ1) is 8.41. The SMILES string of the molecule is CC(C)NCC(C)N(C)C(C)c1ccc(Cl)cc1. The Balaban J connectivity index is 2.59. The largest absolute Gasteiger partial charge is 0.313 e. The lowest BCUT2D eigenvalue weighted by Gasteiger charge is -2.32. The molecule has 0 aliphatic carbocycles. The molecule has 0 spiro atoms. The molecule has 0 fully saturated rings. The maximum atomic E-state index is 5.92. The van der Waals surface area contributed by atoms with Crippen LogP contribution < -0.4 is 5.32 Å². The molecule has 102 valence electrons. The molecule has 3 heteroatoms. The summed E-state index contributed by atoms with van der Waals surface area (Å²) in [5.74, 6) is 0. The maximum absolute atomic E-state index is 5.92. The van der Waals surface area contributed by atoms with E-state index < -0.39 is 0 Å². The predicted octanol–water partition coefficient (Wildman–Crippen LogP) is 3.72. The van der Waals surface area contributed by atoms with Gasteiger partial charge in [0.15, 0.2) is 0 Å². The van der Waals surface area contributed by atoms with Crippen LogP contribution in [0.3, 0.4) is 0 Å². The summed E-state index contributed by atoms with van der Waals surface area (Å²) in [6, 6.07) is 9.55. The first-order valence-electron chi connectivity index (χ1n) is 6.62. The van der Waals surface area contributed by atoms with Gasteiger partial charge in [-0.1, -0.05) is 37.6 Å². The van der Waals surface area contributed by atoms with Gasteiger partial charge in [0.1, 0.15) is 0 Å². The molecule has 0 radical (unpaired) electrons. The zero-order valence-electron chi connectivity index (χ0n) is 12.1. The lowest BCUT2D eigenvalue weighted by atomic mass is 10.1. The van der Waals surface area contributed by atoms with Crippen molar-refractivity contribution >= 4 is 11.6 Å². The van der Waals surface area contributed by atoms with Crippen LogP contribution in [0, 0.1) is 0 Å². The van der Waals surface area contributed by atoms with Crippen molar-refractivity contribution in [2.24, 2.45) is 0 Å². The number of nitrogens with zero attached hydrogens (tertiary/aromatic N) is 1. The van der Waals surface area contributed by atoms with Crippen molar-refractivity contribution in [1.29, 1.82) is 0 Å². The van der Waals surface area contributed by atoms with Gasteiger partial charge in [-0.3, -0.25) is 4.90 Å². The Morgan fingerprint density at radius 2 is 1.67 bits per heavy atom. The summed E-state index contributed by atoms with van der Waals surface area (Å²) in [4.78, 5) is 2.39. The molecule has 0 saturated heterocycles. The molecule has 2 atom stereocenters. The maximum Gasteiger partial charge on any atom is 0.0406 e. The molecule has 2 nitrogen and oxygen atoms in total. The Bertz CT molecular complexity index is 348. The van der Waals surface area contributed by atoms with Crippen molar-refractivity contribution < 1.29 is 0 Å². The molecule has 0 amide bonds. The lowest BCUT2D eigenvalue weighted by molar-refractivity contribution is 0.191. The highest BCUT2D eigenvalue weighted by Gasteiger charge is 2.17. The van der Waals surface area contributed by atoms with E-state index in [0.29, 0.717) is 18.1 Å². The van der Waals surface area contributed by atoms with Crippen LogP contribution in [0.2, 0.25) is 5.02 Å². The highest BCUT2D eigenvalue weighted by molar-refractivity contribution is 6.30. The fourth-order valence-electron chi connectivity index (χ4n) is 1.91. The number of nitrogens with one attached hydrogen (secondary N) is 1. The third kappa shape index (κ3) is 4.60. The van der Waals surface area contributed by atoms with Gasteiger partial charge in [0.2, 0.25) is 0 Å². The van der Waals surface area contributed by atoms with Crippen LogP contribution in [-0.2, 0) is 0 Å². The molecule has 0 heterocycles. The van der Waals surface area contributed by atoms with Crippen LogP contribution in [-0.4, -0.2) is 30.6 Å². The van der Waals surface area contributed by atoms with Crippen molar-refractivity contribution in [1.82, 2.24) is 10.2 Å². The molecule has 0 aliphatic rings. The molecule has 0 aromatic heterocycles. The van der Waals surface area contributed by atoms with Crippen molar-refractivity contribution in [2.45, 2.75) is 45.8 Å². The zero-order valence-corrected chi connectivity index (χ0v) is 12.8. The molecule has 0 saturated carbocycles. The van der Waals surface area contributed by atoms with E-state index in [4.69, 9.17) is 11.6 Å². The number of likely N-dealkylation sites (N-methyl/N-ethyl adjacent to an activating group) is 1. The number of halogens is 1. The van der Waals surface area contributed by atoms with Crippen molar-refractivity contribution in [3.05, 3.63) is 34.9 Å². The van der Waals surface area contributed by atoms with E-state index in [0.717, 1.165) is 11.6 Å². The van der Waals surface area contributed by atoms with E-state index in [1.165, 1.54) is 5.56 Å². The van der Waals surface area contributed by atoms with Crippen molar-refractivity contribution in [2.75, 3.05) is 13.6 Å². The minimum absolute atomic E-state index is 0.395.